The molecule has 84 valence electrons. The number of rotatable bonds is 5. The van der Waals surface area contributed by atoms with Crippen molar-refractivity contribution in [2.24, 2.45) is 11.7 Å². The zero-order valence-corrected chi connectivity index (χ0v) is 9.25. The Labute approximate surface area is 85.4 Å². The summed E-state index contributed by atoms with van der Waals surface area (Å²) in [6.45, 7) is 5.78. The number of esters is 1. The Morgan fingerprint density at radius 3 is 2.43 bits per heavy atom. The van der Waals surface area contributed by atoms with E-state index in [1.165, 1.54) is 0 Å². The van der Waals surface area contributed by atoms with Crippen molar-refractivity contribution in [3.63, 3.8) is 0 Å². The molecule has 0 heterocycles. The molecule has 0 fully saturated rings. The summed E-state index contributed by atoms with van der Waals surface area (Å²) in [6, 6.07) is 0. The first-order valence-corrected chi connectivity index (χ1v) is 4.94. The van der Waals surface area contributed by atoms with Crippen LogP contribution < -0.4 is 5.73 Å². The van der Waals surface area contributed by atoms with Gasteiger partial charge in [-0.05, 0) is 40.2 Å². The lowest BCUT2D eigenvalue weighted by atomic mass is 10.0. The van der Waals surface area contributed by atoms with Crippen molar-refractivity contribution in [2.45, 2.75) is 39.2 Å². The van der Waals surface area contributed by atoms with Crippen LogP contribution in [0.4, 0.5) is 0 Å². The highest BCUT2D eigenvalue weighted by Gasteiger charge is 2.23. The van der Waals surface area contributed by atoms with Gasteiger partial charge < -0.3 is 15.6 Å². The molecule has 0 radical (unpaired) electrons. The first-order valence-electron chi connectivity index (χ1n) is 4.94. The molecular formula is C10H21NO3. The van der Waals surface area contributed by atoms with Crippen molar-refractivity contribution in [3.05, 3.63) is 0 Å². The quantitative estimate of drug-likeness (QED) is 0.644. The molecule has 0 aliphatic rings. The molecule has 0 amide bonds. The Morgan fingerprint density at radius 2 is 2.07 bits per heavy atom. The molecule has 0 aliphatic heterocycles. The topological polar surface area (TPSA) is 72.5 Å². The minimum atomic E-state index is -0.493. The van der Waals surface area contributed by atoms with Gasteiger partial charge in [0.15, 0.2) is 0 Å². The van der Waals surface area contributed by atoms with E-state index in [-0.39, 0.29) is 12.6 Å². The maximum absolute atomic E-state index is 11.5. The van der Waals surface area contributed by atoms with Gasteiger partial charge in [0.05, 0.1) is 12.5 Å². The third-order valence-corrected chi connectivity index (χ3v) is 1.72. The van der Waals surface area contributed by atoms with Gasteiger partial charge in [-0.25, -0.2) is 0 Å². The van der Waals surface area contributed by atoms with E-state index in [0.717, 1.165) is 6.42 Å². The second-order valence-electron chi connectivity index (χ2n) is 4.34. The number of hydrogen-bond acceptors (Lipinski definition) is 4. The van der Waals surface area contributed by atoms with Crippen LogP contribution in [-0.2, 0) is 9.53 Å². The predicted octanol–water partition coefficient (Wildman–Crippen LogP) is 0.676. The lowest BCUT2D eigenvalue weighted by molar-refractivity contribution is -0.161. The van der Waals surface area contributed by atoms with E-state index in [1.54, 1.807) is 0 Å². The van der Waals surface area contributed by atoms with E-state index in [9.17, 15) is 4.79 Å². The van der Waals surface area contributed by atoms with Crippen LogP contribution in [0.15, 0.2) is 0 Å². The van der Waals surface area contributed by atoms with Gasteiger partial charge in [0.1, 0.15) is 5.60 Å². The Hall–Kier alpha value is -0.610. The second-order valence-corrected chi connectivity index (χ2v) is 4.34. The number of carbonyl (C=O) groups excluding carboxylic acids is 1. The molecule has 0 bridgehead atoms. The van der Waals surface area contributed by atoms with Gasteiger partial charge in [-0.2, -0.15) is 0 Å². The van der Waals surface area contributed by atoms with Crippen molar-refractivity contribution in [3.8, 4) is 0 Å². The minimum absolute atomic E-state index is 0.172. The third-order valence-electron chi connectivity index (χ3n) is 1.72. The smallest absolute Gasteiger partial charge is 0.311 e. The summed E-state index contributed by atoms with van der Waals surface area (Å²) in [4.78, 5) is 11.5. The van der Waals surface area contributed by atoms with E-state index < -0.39 is 11.5 Å². The maximum Gasteiger partial charge on any atom is 0.311 e. The van der Waals surface area contributed by atoms with Crippen molar-refractivity contribution in [2.75, 3.05) is 13.2 Å². The molecule has 0 aromatic heterocycles. The summed E-state index contributed by atoms with van der Waals surface area (Å²) < 4.78 is 5.15. The van der Waals surface area contributed by atoms with Crippen LogP contribution in [0, 0.1) is 5.92 Å². The van der Waals surface area contributed by atoms with Crippen LogP contribution in [0.5, 0.6) is 0 Å². The zero-order chi connectivity index (χ0) is 11.2. The van der Waals surface area contributed by atoms with Gasteiger partial charge in [0.25, 0.3) is 0 Å². The number of aliphatic hydroxyl groups is 1. The van der Waals surface area contributed by atoms with Crippen molar-refractivity contribution >= 4 is 5.97 Å². The Bertz CT molecular complexity index is 175. The second kappa shape index (κ2) is 5.98. The first-order chi connectivity index (χ1) is 6.40. The van der Waals surface area contributed by atoms with Gasteiger partial charge in [0, 0.05) is 0 Å². The van der Waals surface area contributed by atoms with Gasteiger partial charge >= 0.3 is 5.97 Å². The first kappa shape index (κ1) is 13.4. The lowest BCUT2D eigenvalue weighted by Gasteiger charge is -2.22. The van der Waals surface area contributed by atoms with Crippen LogP contribution in [0.25, 0.3) is 0 Å². The van der Waals surface area contributed by atoms with E-state index in [1.807, 2.05) is 20.8 Å². The largest absolute Gasteiger partial charge is 0.460 e. The highest BCUT2D eigenvalue weighted by molar-refractivity contribution is 5.72. The maximum atomic E-state index is 11.5. The molecule has 0 aromatic carbocycles. The molecule has 0 unspecified atom stereocenters. The number of nitrogens with two attached hydrogens (primary N) is 1. The summed E-state index contributed by atoms with van der Waals surface area (Å²) >= 11 is 0. The normalized spacial score (nSPS) is 13.8. The molecule has 4 heteroatoms. The molecule has 0 spiro atoms. The van der Waals surface area contributed by atoms with Crippen LogP contribution in [0.3, 0.4) is 0 Å². The molecule has 1 atom stereocenters. The van der Waals surface area contributed by atoms with Crippen molar-refractivity contribution < 1.29 is 14.6 Å². The molecule has 14 heavy (non-hydrogen) atoms. The fourth-order valence-corrected chi connectivity index (χ4v) is 1.03. The Kier molecular flexibility index (Phi) is 5.72. The van der Waals surface area contributed by atoms with Crippen LogP contribution >= 0.6 is 0 Å². The molecule has 0 saturated heterocycles. The summed E-state index contributed by atoms with van der Waals surface area (Å²) in [5.74, 6) is -0.772. The van der Waals surface area contributed by atoms with Crippen LogP contribution in [0.2, 0.25) is 0 Å². The number of carbonyl (C=O) groups is 1. The molecule has 3 N–H and O–H groups in total. The summed E-state index contributed by atoms with van der Waals surface area (Å²) in [7, 11) is 0. The van der Waals surface area contributed by atoms with Gasteiger partial charge in [-0.3, -0.25) is 4.79 Å². The average molecular weight is 203 g/mol. The van der Waals surface area contributed by atoms with Crippen molar-refractivity contribution in [1.29, 1.82) is 0 Å². The molecule has 0 rings (SSSR count). The van der Waals surface area contributed by atoms with E-state index in [0.29, 0.717) is 13.0 Å². The van der Waals surface area contributed by atoms with E-state index in [2.05, 4.69) is 0 Å². The summed E-state index contributed by atoms with van der Waals surface area (Å²) in [5, 5.41) is 8.98. The number of hydrogen-bond donors (Lipinski definition) is 2. The van der Waals surface area contributed by atoms with Crippen molar-refractivity contribution in [1.82, 2.24) is 0 Å². The Morgan fingerprint density at radius 1 is 1.50 bits per heavy atom. The lowest BCUT2D eigenvalue weighted by Crippen LogP contribution is -2.30. The molecule has 0 saturated carbocycles. The molecule has 0 aromatic rings. The van der Waals surface area contributed by atoms with Gasteiger partial charge in [-0.15, -0.1) is 0 Å². The SMILES string of the molecule is CC(C)(C)OC(=O)[C@H](CO)CCCN. The number of ether oxygens (including phenoxy) is 1. The zero-order valence-electron chi connectivity index (χ0n) is 9.25. The van der Waals surface area contributed by atoms with E-state index in [4.69, 9.17) is 15.6 Å². The fourth-order valence-electron chi connectivity index (χ4n) is 1.03. The molecule has 0 aliphatic carbocycles. The number of aliphatic hydroxyl groups excluding tert-OH is 1. The minimum Gasteiger partial charge on any atom is -0.460 e. The fraction of sp³-hybridized carbons (Fsp3) is 0.900. The monoisotopic (exact) mass is 203 g/mol. The standard InChI is InChI=1S/C10H21NO3/c1-10(2,3)14-9(13)8(7-12)5-4-6-11/h8,12H,4-7,11H2,1-3H3/t8-/m0/s1. The highest BCUT2D eigenvalue weighted by atomic mass is 16.6. The average Bonchev–Trinajstić information content (AvgIpc) is 2.02. The highest BCUT2D eigenvalue weighted by Crippen LogP contribution is 2.14. The summed E-state index contributed by atoms with van der Waals surface area (Å²) in [5.41, 5.74) is 4.83. The molecule has 4 nitrogen and oxygen atoms in total. The van der Waals surface area contributed by atoms with Crippen LogP contribution in [0.1, 0.15) is 33.6 Å². The third kappa shape index (κ3) is 5.94. The van der Waals surface area contributed by atoms with Gasteiger partial charge in [-0.1, -0.05) is 0 Å². The van der Waals surface area contributed by atoms with Gasteiger partial charge in [0.2, 0.25) is 0 Å². The van der Waals surface area contributed by atoms with E-state index >= 15 is 0 Å². The summed E-state index contributed by atoms with van der Waals surface area (Å²) in [6.07, 6.45) is 1.31. The predicted molar refractivity (Wildman–Crippen MR) is 54.7 cm³/mol. The molecular weight excluding hydrogens is 182 g/mol. The van der Waals surface area contributed by atoms with Crippen LogP contribution in [-0.4, -0.2) is 29.8 Å². The Balaban J connectivity index is 4.04.